The minimum atomic E-state index is 0.201. The molecule has 2 rings (SSSR count). The topological polar surface area (TPSA) is 40.0 Å². The van der Waals surface area contributed by atoms with Crippen LogP contribution in [0, 0.1) is 0 Å². The van der Waals surface area contributed by atoms with E-state index in [0.29, 0.717) is 19.8 Å². The summed E-state index contributed by atoms with van der Waals surface area (Å²) in [5, 5.41) is 3.99. The molecule has 4 nitrogen and oxygen atoms in total. The standard InChI is InChI=1S/C23H27Cl2NO3/c1-3-19-15-21(27-14-11-22(24)25)16-20(4-2)23(19)28-12-8-13-29-26-17-18-9-6-5-7-10-18/h5-7,9-11,15-17H,3-4,8,12-14H2,1-2H3/b26-17+. The molecule has 0 fully saturated rings. The van der Waals surface area contributed by atoms with Gasteiger partial charge in [-0.2, -0.15) is 0 Å². The average molecular weight is 436 g/mol. The number of hydrogen-bond donors (Lipinski definition) is 0. The lowest BCUT2D eigenvalue weighted by molar-refractivity contribution is 0.128. The lowest BCUT2D eigenvalue weighted by Crippen LogP contribution is -2.06. The maximum atomic E-state index is 6.07. The van der Waals surface area contributed by atoms with Crippen LogP contribution in [0.15, 0.2) is 58.2 Å². The molecule has 2 aromatic carbocycles. The van der Waals surface area contributed by atoms with Crippen molar-refractivity contribution in [2.45, 2.75) is 33.1 Å². The first kappa shape index (κ1) is 23.1. The van der Waals surface area contributed by atoms with E-state index < -0.39 is 0 Å². The van der Waals surface area contributed by atoms with Crippen LogP contribution in [0.1, 0.15) is 37.0 Å². The summed E-state index contributed by atoms with van der Waals surface area (Å²) in [7, 11) is 0. The molecule has 0 aliphatic rings. The van der Waals surface area contributed by atoms with E-state index in [1.807, 2.05) is 42.5 Å². The number of oxime groups is 1. The summed E-state index contributed by atoms with van der Waals surface area (Å²) >= 11 is 11.3. The smallest absolute Gasteiger partial charge is 0.125 e. The second kappa shape index (κ2) is 13.1. The van der Waals surface area contributed by atoms with Crippen LogP contribution < -0.4 is 9.47 Å². The number of ether oxygens (including phenoxy) is 2. The first-order chi connectivity index (χ1) is 14.1. The second-order valence-corrected chi connectivity index (χ2v) is 7.27. The maximum Gasteiger partial charge on any atom is 0.125 e. The van der Waals surface area contributed by atoms with Crippen LogP contribution in [0.3, 0.4) is 0 Å². The van der Waals surface area contributed by atoms with Gasteiger partial charge in [-0.15, -0.1) is 0 Å². The lowest BCUT2D eigenvalue weighted by Gasteiger charge is -2.17. The van der Waals surface area contributed by atoms with Crippen molar-refractivity contribution >= 4 is 29.4 Å². The van der Waals surface area contributed by atoms with Gasteiger partial charge in [0.1, 0.15) is 29.2 Å². The highest BCUT2D eigenvalue weighted by atomic mass is 35.5. The normalized spacial score (nSPS) is 10.8. The minimum Gasteiger partial charge on any atom is -0.493 e. The summed E-state index contributed by atoms with van der Waals surface area (Å²) in [6, 6.07) is 13.9. The monoisotopic (exact) mass is 435 g/mol. The van der Waals surface area contributed by atoms with E-state index in [4.69, 9.17) is 37.5 Å². The fourth-order valence-corrected chi connectivity index (χ4v) is 2.83. The van der Waals surface area contributed by atoms with Gasteiger partial charge < -0.3 is 14.3 Å². The van der Waals surface area contributed by atoms with E-state index in [9.17, 15) is 0 Å². The fraction of sp³-hybridized carbons (Fsp3) is 0.348. The molecule has 0 heterocycles. The van der Waals surface area contributed by atoms with Crippen molar-refractivity contribution in [3.63, 3.8) is 0 Å². The zero-order chi connectivity index (χ0) is 20.9. The molecule has 0 atom stereocenters. The van der Waals surface area contributed by atoms with E-state index in [1.165, 1.54) is 0 Å². The molecule has 2 aromatic rings. The van der Waals surface area contributed by atoms with Gasteiger partial charge in [-0.25, -0.2) is 0 Å². The van der Waals surface area contributed by atoms with Gasteiger partial charge in [0.15, 0.2) is 0 Å². The van der Waals surface area contributed by atoms with Crippen LogP contribution in [0.2, 0.25) is 0 Å². The Hall–Kier alpha value is -2.17. The van der Waals surface area contributed by atoms with Gasteiger partial charge in [-0.3, -0.25) is 0 Å². The van der Waals surface area contributed by atoms with Crippen molar-refractivity contribution in [1.82, 2.24) is 0 Å². The van der Waals surface area contributed by atoms with Crippen molar-refractivity contribution in [3.05, 3.63) is 69.7 Å². The zero-order valence-electron chi connectivity index (χ0n) is 16.9. The highest BCUT2D eigenvalue weighted by Gasteiger charge is 2.11. The largest absolute Gasteiger partial charge is 0.493 e. The number of hydrogen-bond acceptors (Lipinski definition) is 4. The Labute approximate surface area is 183 Å². The van der Waals surface area contributed by atoms with Gasteiger partial charge in [0.2, 0.25) is 0 Å². The second-order valence-electron chi connectivity index (χ2n) is 6.26. The Morgan fingerprint density at radius 2 is 1.66 bits per heavy atom. The summed E-state index contributed by atoms with van der Waals surface area (Å²) in [6.07, 6.45) is 5.77. The Morgan fingerprint density at radius 1 is 0.966 bits per heavy atom. The summed E-state index contributed by atoms with van der Waals surface area (Å²) in [4.78, 5) is 5.31. The van der Waals surface area contributed by atoms with Gasteiger partial charge in [-0.1, -0.05) is 72.5 Å². The van der Waals surface area contributed by atoms with Crippen molar-refractivity contribution in [1.29, 1.82) is 0 Å². The quantitative estimate of drug-likeness (QED) is 0.222. The SMILES string of the molecule is CCc1cc(OCC=C(Cl)Cl)cc(CC)c1OCCCO/N=C/c1ccccc1. The molecule has 0 aromatic heterocycles. The Morgan fingerprint density at radius 3 is 2.28 bits per heavy atom. The molecule has 0 bridgehead atoms. The Bertz CT molecular complexity index is 778. The Balaban J connectivity index is 1.85. The number of halogens is 2. The first-order valence-electron chi connectivity index (χ1n) is 9.77. The van der Waals surface area contributed by atoms with Crippen molar-refractivity contribution in [2.75, 3.05) is 19.8 Å². The first-order valence-corrected chi connectivity index (χ1v) is 10.5. The van der Waals surface area contributed by atoms with E-state index >= 15 is 0 Å². The molecule has 0 spiro atoms. The molecule has 0 aliphatic heterocycles. The van der Waals surface area contributed by atoms with E-state index in [-0.39, 0.29) is 4.49 Å². The van der Waals surface area contributed by atoms with Crippen LogP contribution in [0.4, 0.5) is 0 Å². The lowest BCUT2D eigenvalue weighted by atomic mass is 10.0. The maximum absolute atomic E-state index is 6.07. The van der Waals surface area contributed by atoms with Gasteiger partial charge in [0, 0.05) is 6.42 Å². The van der Waals surface area contributed by atoms with Gasteiger partial charge in [0.05, 0.1) is 12.8 Å². The highest BCUT2D eigenvalue weighted by molar-refractivity contribution is 6.55. The fourth-order valence-electron chi connectivity index (χ4n) is 2.70. The molecule has 0 saturated heterocycles. The molecule has 29 heavy (non-hydrogen) atoms. The number of nitrogens with zero attached hydrogens (tertiary/aromatic N) is 1. The molecule has 0 radical (unpaired) electrons. The van der Waals surface area contributed by atoms with Gasteiger partial charge >= 0.3 is 0 Å². The summed E-state index contributed by atoms with van der Waals surface area (Å²) in [5.74, 6) is 1.72. The molecule has 156 valence electrons. The molecule has 0 unspecified atom stereocenters. The number of rotatable bonds is 12. The van der Waals surface area contributed by atoms with Gasteiger partial charge in [-0.05, 0) is 47.7 Å². The molecule has 0 saturated carbocycles. The highest BCUT2D eigenvalue weighted by Crippen LogP contribution is 2.31. The van der Waals surface area contributed by atoms with Crippen LogP contribution in [0.25, 0.3) is 0 Å². The zero-order valence-corrected chi connectivity index (χ0v) is 18.4. The van der Waals surface area contributed by atoms with Crippen LogP contribution in [0.5, 0.6) is 11.5 Å². The Kier molecular flexibility index (Phi) is 10.5. The van der Waals surface area contributed by atoms with E-state index in [1.54, 1.807) is 12.3 Å². The van der Waals surface area contributed by atoms with Crippen molar-refractivity contribution in [2.24, 2.45) is 5.16 Å². The van der Waals surface area contributed by atoms with E-state index in [2.05, 4.69) is 19.0 Å². The van der Waals surface area contributed by atoms with Gasteiger partial charge in [0.25, 0.3) is 0 Å². The van der Waals surface area contributed by atoms with Crippen molar-refractivity contribution in [3.8, 4) is 11.5 Å². The molecule has 6 heteroatoms. The van der Waals surface area contributed by atoms with Crippen LogP contribution >= 0.6 is 23.2 Å². The van der Waals surface area contributed by atoms with Crippen molar-refractivity contribution < 1.29 is 14.3 Å². The third-order valence-electron chi connectivity index (χ3n) is 4.17. The molecular weight excluding hydrogens is 409 g/mol. The minimum absolute atomic E-state index is 0.201. The molecule has 0 amide bonds. The third-order valence-corrected chi connectivity index (χ3v) is 4.48. The third kappa shape index (κ3) is 8.38. The summed E-state index contributed by atoms with van der Waals surface area (Å²) < 4.78 is 12.0. The van der Waals surface area contributed by atoms with E-state index in [0.717, 1.165) is 47.5 Å². The number of benzene rings is 2. The summed E-state index contributed by atoms with van der Waals surface area (Å²) in [5.41, 5.74) is 3.24. The number of aryl methyl sites for hydroxylation is 2. The van der Waals surface area contributed by atoms with Crippen LogP contribution in [-0.2, 0) is 17.7 Å². The van der Waals surface area contributed by atoms with Crippen LogP contribution in [-0.4, -0.2) is 26.0 Å². The predicted octanol–water partition coefficient (Wildman–Crippen LogP) is 6.33. The predicted molar refractivity (Wildman–Crippen MR) is 121 cm³/mol. The average Bonchev–Trinajstić information content (AvgIpc) is 2.73. The molecule has 0 aliphatic carbocycles. The molecule has 0 N–H and O–H groups in total. The summed E-state index contributed by atoms with van der Waals surface area (Å²) in [6.45, 7) is 5.59. The molecular formula is C23H27Cl2NO3.